The zero-order valence-corrected chi connectivity index (χ0v) is 17.0. The van der Waals surface area contributed by atoms with Gasteiger partial charge in [-0.15, -0.1) is 0 Å². The van der Waals surface area contributed by atoms with Crippen LogP contribution in [0.3, 0.4) is 0 Å². The number of carbonyl (C=O) groups is 1. The van der Waals surface area contributed by atoms with Crippen molar-refractivity contribution in [1.29, 1.82) is 0 Å². The van der Waals surface area contributed by atoms with Crippen LogP contribution < -0.4 is 4.90 Å². The lowest BCUT2D eigenvalue weighted by Crippen LogP contribution is -2.48. The van der Waals surface area contributed by atoms with E-state index >= 15 is 0 Å². The molecule has 1 aliphatic carbocycles. The van der Waals surface area contributed by atoms with Crippen LogP contribution in [0.4, 0.5) is 5.95 Å². The zero-order valence-electron chi connectivity index (χ0n) is 17.0. The molecule has 1 aromatic carbocycles. The van der Waals surface area contributed by atoms with Gasteiger partial charge in [0.05, 0.1) is 6.20 Å². The van der Waals surface area contributed by atoms with Crippen molar-refractivity contribution >= 4 is 11.9 Å². The van der Waals surface area contributed by atoms with Gasteiger partial charge in [-0.05, 0) is 43.0 Å². The van der Waals surface area contributed by atoms with Crippen molar-refractivity contribution in [3.05, 3.63) is 48.3 Å². The summed E-state index contributed by atoms with van der Waals surface area (Å²) >= 11 is 0. The van der Waals surface area contributed by atoms with Gasteiger partial charge < -0.3 is 18.7 Å². The van der Waals surface area contributed by atoms with Gasteiger partial charge >= 0.3 is 0 Å². The summed E-state index contributed by atoms with van der Waals surface area (Å²) in [5.41, 5.74) is 1.64. The number of benzene rings is 1. The molecule has 0 unspecified atom stereocenters. The van der Waals surface area contributed by atoms with Crippen LogP contribution >= 0.6 is 0 Å². The average Bonchev–Trinajstić information content (AvgIpc) is 3.28. The largest absolute Gasteiger partial charge is 0.444 e. The first-order valence-electron chi connectivity index (χ1n) is 10.6. The molecular weight excluding hydrogens is 382 g/mol. The van der Waals surface area contributed by atoms with E-state index < -0.39 is 0 Å². The summed E-state index contributed by atoms with van der Waals surface area (Å²) in [5.74, 6) is 2.15. The molecule has 2 aliphatic rings. The monoisotopic (exact) mass is 407 g/mol. The van der Waals surface area contributed by atoms with Gasteiger partial charge in [0.1, 0.15) is 0 Å². The fraction of sp³-hybridized carbons (Fsp3) is 0.455. The number of aryl methyl sites for hydroxylation is 1. The second-order valence-corrected chi connectivity index (χ2v) is 7.95. The van der Waals surface area contributed by atoms with Gasteiger partial charge in [0.25, 0.3) is 11.9 Å². The highest BCUT2D eigenvalue weighted by Crippen LogP contribution is 2.34. The normalized spacial score (nSPS) is 17.3. The highest BCUT2D eigenvalue weighted by Gasteiger charge is 2.39. The van der Waals surface area contributed by atoms with Gasteiger partial charge in [0.15, 0.2) is 12.2 Å². The van der Waals surface area contributed by atoms with Gasteiger partial charge in [-0.1, -0.05) is 19.1 Å². The minimum atomic E-state index is 0.118. The quantitative estimate of drug-likeness (QED) is 0.617. The second-order valence-electron chi connectivity index (χ2n) is 7.95. The van der Waals surface area contributed by atoms with E-state index in [0.717, 1.165) is 56.3 Å². The summed E-state index contributed by atoms with van der Waals surface area (Å²) < 4.78 is 10.6. The number of piperidine rings is 1. The molecule has 2 aromatic heterocycles. The Bertz CT molecular complexity index is 986. The van der Waals surface area contributed by atoms with Crippen LogP contribution in [0.15, 0.2) is 45.8 Å². The molecule has 8 nitrogen and oxygen atoms in total. The number of carbonyl (C=O) groups excluding carboxylic acids is 1. The van der Waals surface area contributed by atoms with Crippen LogP contribution in [-0.4, -0.2) is 51.1 Å². The number of amides is 1. The molecule has 0 radical (unpaired) electrons. The molecule has 1 amide bonds. The number of nitrogens with zero attached hydrogens (tertiary/aromatic N) is 5. The second kappa shape index (κ2) is 7.93. The fourth-order valence-corrected chi connectivity index (χ4v) is 4.13. The number of aromatic nitrogens is 3. The Morgan fingerprint density at radius 1 is 1.13 bits per heavy atom. The third kappa shape index (κ3) is 3.69. The van der Waals surface area contributed by atoms with Crippen LogP contribution in [-0.2, 0) is 6.42 Å². The molecule has 0 bridgehead atoms. The van der Waals surface area contributed by atoms with Crippen LogP contribution in [0.1, 0.15) is 48.9 Å². The molecule has 2 fully saturated rings. The van der Waals surface area contributed by atoms with Crippen molar-refractivity contribution in [2.75, 3.05) is 18.0 Å². The Kier molecular flexibility index (Phi) is 4.98. The first-order chi connectivity index (χ1) is 14.7. The van der Waals surface area contributed by atoms with Crippen LogP contribution in [0.2, 0.25) is 0 Å². The summed E-state index contributed by atoms with van der Waals surface area (Å²) in [7, 11) is 0. The lowest BCUT2D eigenvalue weighted by atomic mass is 10.0. The number of hydrogen-bond acceptors (Lipinski definition) is 7. The molecule has 0 N–H and O–H groups in total. The maximum Gasteiger partial charge on any atom is 0.266 e. The molecular formula is C22H25N5O3. The molecule has 0 spiro atoms. The number of anilines is 1. The Morgan fingerprint density at radius 3 is 2.47 bits per heavy atom. The SMILES string of the molecule is CCc1nc(N2CCC(N(C(=O)c3ccc(-c4cnco4)cc3)C3CC3)CC2)no1. The van der Waals surface area contributed by atoms with E-state index in [1.165, 1.54) is 6.39 Å². The van der Waals surface area contributed by atoms with E-state index in [0.29, 0.717) is 23.6 Å². The standard InChI is InChI=1S/C22H25N5O3/c1-2-20-24-22(25-30-20)26-11-9-18(10-12-26)27(17-7-8-17)21(28)16-5-3-15(4-6-16)19-13-23-14-29-19/h3-6,13-14,17-18H,2,7-12H2,1H3. The third-order valence-electron chi connectivity index (χ3n) is 5.92. The number of hydrogen-bond donors (Lipinski definition) is 0. The van der Waals surface area contributed by atoms with Gasteiger partial charge in [-0.25, -0.2) is 4.98 Å². The maximum atomic E-state index is 13.4. The van der Waals surface area contributed by atoms with Gasteiger partial charge in [-0.3, -0.25) is 4.79 Å². The predicted octanol–water partition coefficient (Wildman–Crippen LogP) is 3.56. The first kappa shape index (κ1) is 18.8. The summed E-state index contributed by atoms with van der Waals surface area (Å²) in [5, 5.41) is 4.09. The lowest BCUT2D eigenvalue weighted by molar-refractivity contribution is 0.0630. The molecule has 8 heteroatoms. The average molecular weight is 407 g/mol. The summed E-state index contributed by atoms with van der Waals surface area (Å²) in [6, 6.07) is 8.21. The van der Waals surface area contributed by atoms with Gasteiger partial charge in [0, 0.05) is 42.7 Å². The Hall–Kier alpha value is -3.16. The van der Waals surface area contributed by atoms with E-state index in [9.17, 15) is 4.79 Å². The van der Waals surface area contributed by atoms with Gasteiger partial charge in [0.2, 0.25) is 5.89 Å². The molecule has 1 saturated heterocycles. The number of oxazole rings is 1. The third-order valence-corrected chi connectivity index (χ3v) is 5.92. The highest BCUT2D eigenvalue weighted by molar-refractivity contribution is 5.95. The molecule has 1 saturated carbocycles. The molecule has 3 heterocycles. The van der Waals surface area contributed by atoms with Crippen molar-refractivity contribution in [1.82, 2.24) is 20.0 Å². The zero-order chi connectivity index (χ0) is 20.5. The smallest absolute Gasteiger partial charge is 0.266 e. The predicted molar refractivity (Wildman–Crippen MR) is 110 cm³/mol. The van der Waals surface area contributed by atoms with Crippen LogP contribution in [0, 0.1) is 0 Å². The molecule has 30 heavy (non-hydrogen) atoms. The lowest BCUT2D eigenvalue weighted by Gasteiger charge is -2.38. The fourth-order valence-electron chi connectivity index (χ4n) is 4.13. The molecule has 3 aromatic rings. The Balaban J connectivity index is 1.27. The highest BCUT2D eigenvalue weighted by atomic mass is 16.5. The minimum absolute atomic E-state index is 0.118. The van der Waals surface area contributed by atoms with Crippen LogP contribution in [0.25, 0.3) is 11.3 Å². The topological polar surface area (TPSA) is 88.5 Å². The maximum absolute atomic E-state index is 13.4. The summed E-state index contributed by atoms with van der Waals surface area (Å²) in [6.07, 6.45) is 7.83. The first-order valence-corrected chi connectivity index (χ1v) is 10.6. The van der Waals surface area contributed by atoms with Crippen molar-refractivity contribution in [3.63, 3.8) is 0 Å². The molecule has 0 atom stereocenters. The van der Waals surface area contributed by atoms with Gasteiger partial charge in [-0.2, -0.15) is 4.98 Å². The van der Waals surface area contributed by atoms with Crippen molar-refractivity contribution in [3.8, 4) is 11.3 Å². The Labute approximate surface area is 174 Å². The van der Waals surface area contributed by atoms with Crippen LogP contribution in [0.5, 0.6) is 0 Å². The number of rotatable bonds is 6. The van der Waals surface area contributed by atoms with Crippen molar-refractivity contribution < 1.29 is 13.7 Å². The summed E-state index contributed by atoms with van der Waals surface area (Å²) in [4.78, 5) is 26.0. The van der Waals surface area contributed by atoms with Crippen molar-refractivity contribution in [2.45, 2.75) is 51.1 Å². The molecule has 1 aliphatic heterocycles. The van der Waals surface area contributed by atoms with E-state index in [2.05, 4.69) is 24.9 Å². The van der Waals surface area contributed by atoms with E-state index in [1.807, 2.05) is 31.2 Å². The molecule has 5 rings (SSSR count). The summed E-state index contributed by atoms with van der Waals surface area (Å²) in [6.45, 7) is 3.66. The van der Waals surface area contributed by atoms with E-state index in [4.69, 9.17) is 8.94 Å². The van der Waals surface area contributed by atoms with E-state index in [1.54, 1.807) is 6.20 Å². The minimum Gasteiger partial charge on any atom is -0.444 e. The van der Waals surface area contributed by atoms with Crippen molar-refractivity contribution in [2.24, 2.45) is 0 Å². The molecule has 156 valence electrons. The van der Waals surface area contributed by atoms with E-state index in [-0.39, 0.29) is 11.9 Å². The Morgan fingerprint density at radius 2 is 1.87 bits per heavy atom.